The molecule has 0 saturated carbocycles. The zero-order chi connectivity index (χ0) is 29.3. The van der Waals surface area contributed by atoms with Gasteiger partial charge in [-0.25, -0.2) is 8.78 Å². The number of hydrogen-bond donors (Lipinski definition) is 2. The molecule has 224 valence electrons. The van der Waals surface area contributed by atoms with Gasteiger partial charge in [0, 0.05) is 37.5 Å². The van der Waals surface area contributed by atoms with Crippen molar-refractivity contribution in [3.63, 3.8) is 0 Å². The number of rotatable bonds is 6. The molecule has 0 amide bonds. The van der Waals surface area contributed by atoms with Crippen LogP contribution in [-0.2, 0) is 6.42 Å². The van der Waals surface area contributed by atoms with Crippen LogP contribution < -0.4 is 15.0 Å². The van der Waals surface area contributed by atoms with Gasteiger partial charge in [0.1, 0.15) is 30.2 Å². The van der Waals surface area contributed by atoms with Gasteiger partial charge in [-0.05, 0) is 102 Å². The van der Waals surface area contributed by atoms with Gasteiger partial charge in [-0.3, -0.25) is 4.90 Å². The highest BCUT2D eigenvalue weighted by Crippen LogP contribution is 2.42. The van der Waals surface area contributed by atoms with Crippen LogP contribution in [0.3, 0.4) is 0 Å². The second-order valence-electron chi connectivity index (χ2n) is 12.9. The Morgan fingerprint density at radius 1 is 1.12 bits per heavy atom. The maximum atomic E-state index is 14.9. The third-order valence-corrected chi connectivity index (χ3v) is 10.4. The quantitative estimate of drug-likeness (QED) is 0.305. The largest absolute Gasteiger partial charge is 0.508 e. The number of benzene rings is 3. The fourth-order valence-corrected chi connectivity index (χ4v) is 8.31. The van der Waals surface area contributed by atoms with Crippen LogP contribution in [0.25, 0.3) is 32.8 Å². The summed E-state index contributed by atoms with van der Waals surface area (Å²) in [4.78, 5) is 14.4. The number of hydrogen-bond acceptors (Lipinski definition) is 7. The third-order valence-electron chi connectivity index (χ3n) is 10.4. The lowest BCUT2D eigenvalue weighted by Gasteiger charge is -2.31. The summed E-state index contributed by atoms with van der Waals surface area (Å²) in [7, 11) is 0. The monoisotopic (exact) mass is 585 g/mol. The van der Waals surface area contributed by atoms with Gasteiger partial charge in [0.2, 0.25) is 0 Å². The van der Waals surface area contributed by atoms with Crippen LogP contribution >= 0.6 is 0 Å². The Bertz CT molecular complexity index is 1720. The summed E-state index contributed by atoms with van der Waals surface area (Å²) in [6.45, 7) is 6.52. The molecule has 4 aliphatic rings. The van der Waals surface area contributed by atoms with Crippen molar-refractivity contribution in [1.82, 2.24) is 20.2 Å². The fraction of sp³-hybridized carbons (Fsp3) is 0.471. The Morgan fingerprint density at radius 3 is 2.88 bits per heavy atom. The summed E-state index contributed by atoms with van der Waals surface area (Å²) in [6.07, 6.45) is 3.31. The number of aromatic nitrogens is 2. The molecule has 5 heterocycles. The molecule has 4 aliphatic heterocycles. The molecule has 7 nitrogen and oxygen atoms in total. The van der Waals surface area contributed by atoms with Crippen LogP contribution in [0.2, 0.25) is 0 Å². The van der Waals surface area contributed by atoms with E-state index in [9.17, 15) is 13.9 Å². The predicted molar refractivity (Wildman–Crippen MR) is 164 cm³/mol. The number of halogens is 2. The smallest absolute Gasteiger partial charge is 0.319 e. The van der Waals surface area contributed by atoms with E-state index in [1.165, 1.54) is 6.07 Å². The first kappa shape index (κ1) is 27.0. The molecular weight excluding hydrogens is 548 g/mol. The van der Waals surface area contributed by atoms with Gasteiger partial charge in [-0.2, -0.15) is 9.97 Å². The number of phenols is 1. The lowest BCUT2D eigenvalue weighted by Crippen LogP contribution is -2.43. The Hall–Kier alpha value is -3.56. The van der Waals surface area contributed by atoms with E-state index in [1.807, 2.05) is 25.1 Å². The summed E-state index contributed by atoms with van der Waals surface area (Å²) in [6, 6.07) is 13.4. The molecule has 0 bridgehead atoms. The lowest BCUT2D eigenvalue weighted by molar-refractivity contribution is 0.107. The van der Waals surface area contributed by atoms with Crippen molar-refractivity contribution in [2.75, 3.05) is 44.2 Å². The van der Waals surface area contributed by atoms with E-state index in [4.69, 9.17) is 14.7 Å². The maximum Gasteiger partial charge on any atom is 0.319 e. The summed E-state index contributed by atoms with van der Waals surface area (Å²) in [5, 5.41) is 16.8. The highest BCUT2D eigenvalue weighted by molar-refractivity contribution is 6.02. The highest BCUT2D eigenvalue weighted by Gasteiger charge is 2.49. The van der Waals surface area contributed by atoms with Gasteiger partial charge in [-0.1, -0.05) is 19.1 Å². The van der Waals surface area contributed by atoms with Crippen LogP contribution in [0.15, 0.2) is 42.5 Å². The number of ether oxygens (including phenoxy) is 1. The summed E-state index contributed by atoms with van der Waals surface area (Å²) < 4.78 is 35.8. The minimum absolute atomic E-state index is 0.128. The number of phenolic OH excluding ortho intramolecular Hbond substituents is 1. The molecule has 0 aliphatic carbocycles. The van der Waals surface area contributed by atoms with Crippen molar-refractivity contribution in [3.05, 3.63) is 53.8 Å². The summed E-state index contributed by atoms with van der Waals surface area (Å²) in [5.74, 6) is 1.31. The molecule has 0 spiro atoms. The maximum absolute atomic E-state index is 14.9. The Labute approximate surface area is 249 Å². The van der Waals surface area contributed by atoms with Gasteiger partial charge < -0.3 is 20.1 Å². The van der Waals surface area contributed by atoms with Gasteiger partial charge in [0.05, 0.1) is 11.1 Å². The van der Waals surface area contributed by atoms with Crippen molar-refractivity contribution in [2.45, 2.75) is 56.8 Å². The van der Waals surface area contributed by atoms with E-state index < -0.39 is 6.17 Å². The van der Waals surface area contributed by atoms with Gasteiger partial charge in [-0.15, -0.1) is 0 Å². The Morgan fingerprint density at radius 2 is 2.02 bits per heavy atom. The third kappa shape index (κ3) is 4.51. The average Bonchev–Trinajstić information content (AvgIpc) is 3.76. The minimum atomic E-state index is -0.828. The molecule has 0 unspecified atom stereocenters. The van der Waals surface area contributed by atoms with Crippen LogP contribution in [0, 0.1) is 11.7 Å². The molecule has 0 radical (unpaired) electrons. The first-order chi connectivity index (χ1) is 20.9. The van der Waals surface area contributed by atoms with E-state index in [2.05, 4.69) is 15.1 Å². The van der Waals surface area contributed by atoms with Crippen molar-refractivity contribution >= 4 is 27.5 Å². The molecule has 4 fully saturated rings. The number of nitrogens with one attached hydrogen (secondary N) is 1. The molecule has 4 aromatic rings. The van der Waals surface area contributed by atoms with Crippen molar-refractivity contribution in [2.24, 2.45) is 5.92 Å². The first-order valence-corrected chi connectivity index (χ1v) is 15.7. The van der Waals surface area contributed by atoms with Crippen molar-refractivity contribution < 1.29 is 18.6 Å². The van der Waals surface area contributed by atoms with E-state index in [0.717, 1.165) is 84.1 Å². The standard InChI is InChI=1S/C34H37F2N5O2/c1-2-25-28(36)7-5-21-12-24(42)14-27(31(21)25)20-4-6-26-29(13-20)38-33(39-32(26)40-16-22-8-10-37-30(22)18-40)43-19-34-9-3-11-41(34)17-23(35)15-34/h4-7,12-14,22-23,30,37,42H,2-3,8-11,15-19H2,1H3/t22-,23-,30+,34+/m1/s1. The topological polar surface area (TPSA) is 73.8 Å². The van der Waals surface area contributed by atoms with Crippen molar-refractivity contribution in [3.8, 4) is 22.9 Å². The Balaban J connectivity index is 1.23. The number of fused-ring (bicyclic) bond motifs is 4. The molecular formula is C34H37F2N5O2. The molecule has 3 aromatic carbocycles. The zero-order valence-electron chi connectivity index (χ0n) is 24.5. The number of alkyl halides is 1. The number of aromatic hydroxyl groups is 1. The lowest BCUT2D eigenvalue weighted by atomic mass is 9.92. The number of anilines is 1. The molecule has 8 rings (SSSR count). The highest BCUT2D eigenvalue weighted by atomic mass is 19.1. The van der Waals surface area contributed by atoms with Crippen LogP contribution in [0.1, 0.15) is 38.2 Å². The number of aryl methyl sites for hydroxylation is 1. The summed E-state index contributed by atoms with van der Waals surface area (Å²) >= 11 is 0. The van der Waals surface area contributed by atoms with E-state index in [1.54, 1.807) is 18.2 Å². The molecule has 43 heavy (non-hydrogen) atoms. The van der Waals surface area contributed by atoms with E-state index >= 15 is 0 Å². The summed E-state index contributed by atoms with van der Waals surface area (Å²) in [5.41, 5.74) is 2.65. The van der Waals surface area contributed by atoms with Gasteiger partial charge >= 0.3 is 6.01 Å². The second-order valence-corrected chi connectivity index (χ2v) is 12.9. The zero-order valence-corrected chi connectivity index (χ0v) is 24.5. The SMILES string of the molecule is CCc1c(F)ccc2cc(O)cc(-c3ccc4c(N5C[C@H]6CCN[C@H]6C5)nc(OC[C@@]56CCCN5C[C@H](F)C6)nc4c3)c12. The fourth-order valence-electron chi connectivity index (χ4n) is 8.31. The average molecular weight is 586 g/mol. The molecule has 9 heteroatoms. The van der Waals surface area contributed by atoms with Crippen molar-refractivity contribution in [1.29, 1.82) is 0 Å². The second kappa shape index (κ2) is 10.3. The van der Waals surface area contributed by atoms with Gasteiger partial charge in [0.25, 0.3) is 0 Å². The van der Waals surface area contributed by atoms with Crippen LogP contribution in [0.4, 0.5) is 14.6 Å². The Kier molecular flexibility index (Phi) is 6.45. The normalized spacial score (nSPS) is 27.0. The number of nitrogens with zero attached hydrogens (tertiary/aromatic N) is 4. The van der Waals surface area contributed by atoms with Crippen LogP contribution in [-0.4, -0.2) is 77.1 Å². The van der Waals surface area contributed by atoms with E-state index in [0.29, 0.717) is 49.5 Å². The molecule has 4 saturated heterocycles. The molecule has 4 atom stereocenters. The van der Waals surface area contributed by atoms with Gasteiger partial charge in [0.15, 0.2) is 0 Å². The molecule has 1 aromatic heterocycles. The molecule has 2 N–H and O–H groups in total. The minimum Gasteiger partial charge on any atom is -0.508 e. The predicted octanol–water partition coefficient (Wildman–Crippen LogP) is 5.61. The first-order valence-electron chi connectivity index (χ1n) is 15.7. The van der Waals surface area contributed by atoms with E-state index in [-0.39, 0.29) is 17.1 Å². The van der Waals surface area contributed by atoms with Crippen LogP contribution in [0.5, 0.6) is 11.8 Å².